The van der Waals surface area contributed by atoms with Crippen molar-refractivity contribution in [2.75, 3.05) is 19.6 Å². The highest BCUT2D eigenvalue weighted by Crippen LogP contribution is 2.25. The number of nitrogens with zero attached hydrogens (tertiary/aromatic N) is 2. The summed E-state index contributed by atoms with van der Waals surface area (Å²) in [4.78, 5) is 30.6. The van der Waals surface area contributed by atoms with E-state index in [1.807, 2.05) is 13.8 Å². The van der Waals surface area contributed by atoms with Crippen LogP contribution in [0.3, 0.4) is 0 Å². The minimum Gasteiger partial charge on any atom is -0.356 e. The second-order valence-electron chi connectivity index (χ2n) is 5.78. The normalized spacial score (nSPS) is 15.0. The van der Waals surface area contributed by atoms with Crippen LogP contribution in [0.4, 0.5) is 0 Å². The average molecular weight is 320 g/mol. The standard InChI is InChI=1S/C15H20N4O2S/c1-9-10(2)22-14-13(9)15(21)19(8-18-14)4-3-12(20)17-7-11-5-16-6-11/h8,11,16H,3-7H2,1-2H3,(H,17,20). The largest absolute Gasteiger partial charge is 0.356 e. The molecular weight excluding hydrogens is 300 g/mol. The first-order valence-corrected chi connectivity index (χ1v) is 8.30. The van der Waals surface area contributed by atoms with Gasteiger partial charge in [-0.15, -0.1) is 11.3 Å². The first kappa shape index (κ1) is 15.2. The molecule has 2 N–H and O–H groups in total. The Balaban J connectivity index is 1.66. The molecule has 0 atom stereocenters. The lowest BCUT2D eigenvalue weighted by Gasteiger charge is -2.27. The molecule has 0 radical (unpaired) electrons. The summed E-state index contributed by atoms with van der Waals surface area (Å²) in [7, 11) is 0. The number of hydrogen-bond donors (Lipinski definition) is 2. The van der Waals surface area contributed by atoms with Crippen LogP contribution in [0.25, 0.3) is 10.2 Å². The van der Waals surface area contributed by atoms with E-state index in [1.165, 1.54) is 15.9 Å². The average Bonchev–Trinajstić information content (AvgIpc) is 2.72. The molecule has 0 bridgehead atoms. The van der Waals surface area contributed by atoms with E-state index in [1.54, 1.807) is 6.33 Å². The van der Waals surface area contributed by atoms with E-state index in [-0.39, 0.29) is 11.5 Å². The fourth-order valence-electron chi connectivity index (χ4n) is 2.49. The van der Waals surface area contributed by atoms with Crippen molar-refractivity contribution in [2.24, 2.45) is 5.92 Å². The highest BCUT2D eigenvalue weighted by Gasteiger charge is 2.17. The van der Waals surface area contributed by atoms with Gasteiger partial charge in [-0.25, -0.2) is 4.98 Å². The molecule has 3 heterocycles. The molecule has 1 aliphatic rings. The van der Waals surface area contributed by atoms with Gasteiger partial charge in [0, 0.05) is 43.4 Å². The Labute approximate surface area is 132 Å². The van der Waals surface area contributed by atoms with Gasteiger partial charge in [0.05, 0.1) is 11.7 Å². The summed E-state index contributed by atoms with van der Waals surface area (Å²) in [6.45, 7) is 6.95. The molecular formula is C15H20N4O2S. The number of hydrogen-bond acceptors (Lipinski definition) is 5. The molecule has 1 aliphatic heterocycles. The fourth-order valence-corrected chi connectivity index (χ4v) is 3.48. The summed E-state index contributed by atoms with van der Waals surface area (Å²) in [6.07, 6.45) is 1.85. The van der Waals surface area contributed by atoms with Crippen LogP contribution in [-0.2, 0) is 11.3 Å². The van der Waals surface area contributed by atoms with Crippen LogP contribution in [0.5, 0.6) is 0 Å². The van der Waals surface area contributed by atoms with E-state index in [4.69, 9.17) is 0 Å². The molecule has 2 aromatic heterocycles. The maximum atomic E-state index is 12.5. The van der Waals surface area contributed by atoms with Gasteiger partial charge in [-0.2, -0.15) is 0 Å². The highest BCUT2D eigenvalue weighted by molar-refractivity contribution is 7.18. The Morgan fingerprint density at radius 1 is 1.50 bits per heavy atom. The number of carbonyl (C=O) groups is 1. The second-order valence-corrected chi connectivity index (χ2v) is 6.99. The number of aromatic nitrogens is 2. The molecule has 118 valence electrons. The summed E-state index contributed by atoms with van der Waals surface area (Å²) in [5, 5.41) is 6.77. The number of amides is 1. The number of fused-ring (bicyclic) bond motifs is 1. The topological polar surface area (TPSA) is 76.0 Å². The second kappa shape index (κ2) is 6.18. The summed E-state index contributed by atoms with van der Waals surface area (Å²) < 4.78 is 1.53. The molecule has 0 unspecified atom stereocenters. The third-order valence-electron chi connectivity index (χ3n) is 4.19. The molecule has 7 heteroatoms. The molecule has 3 rings (SSSR count). The summed E-state index contributed by atoms with van der Waals surface area (Å²) in [6, 6.07) is 0. The SMILES string of the molecule is Cc1sc2ncn(CCC(=O)NCC3CNC3)c(=O)c2c1C. The van der Waals surface area contributed by atoms with E-state index in [9.17, 15) is 9.59 Å². The van der Waals surface area contributed by atoms with Gasteiger partial charge < -0.3 is 10.6 Å². The van der Waals surface area contributed by atoms with E-state index in [2.05, 4.69) is 15.6 Å². The van der Waals surface area contributed by atoms with Crippen LogP contribution in [0.2, 0.25) is 0 Å². The van der Waals surface area contributed by atoms with Crippen molar-refractivity contribution < 1.29 is 4.79 Å². The zero-order valence-electron chi connectivity index (χ0n) is 12.8. The van der Waals surface area contributed by atoms with Crippen molar-refractivity contribution in [3.05, 3.63) is 27.1 Å². The predicted octanol–water partition coefficient (Wildman–Crippen LogP) is 0.801. The molecule has 0 saturated carbocycles. The number of thiophene rings is 1. The van der Waals surface area contributed by atoms with Gasteiger partial charge in [0.1, 0.15) is 4.83 Å². The molecule has 22 heavy (non-hydrogen) atoms. The van der Waals surface area contributed by atoms with Gasteiger partial charge in [0.2, 0.25) is 5.91 Å². The lowest BCUT2D eigenvalue weighted by Crippen LogP contribution is -2.48. The van der Waals surface area contributed by atoms with E-state index >= 15 is 0 Å². The van der Waals surface area contributed by atoms with Gasteiger partial charge in [-0.1, -0.05) is 0 Å². The number of carbonyl (C=O) groups excluding carboxylic acids is 1. The van der Waals surface area contributed by atoms with Crippen LogP contribution in [0.1, 0.15) is 16.9 Å². The van der Waals surface area contributed by atoms with E-state index in [0.717, 1.165) is 28.4 Å². The maximum absolute atomic E-state index is 12.5. The van der Waals surface area contributed by atoms with Crippen molar-refractivity contribution in [2.45, 2.75) is 26.8 Å². The van der Waals surface area contributed by atoms with Gasteiger partial charge >= 0.3 is 0 Å². The van der Waals surface area contributed by atoms with Gasteiger partial charge in [-0.05, 0) is 19.4 Å². The highest BCUT2D eigenvalue weighted by atomic mass is 32.1. The molecule has 0 spiro atoms. The van der Waals surface area contributed by atoms with Gasteiger partial charge in [0.25, 0.3) is 5.56 Å². The Hall–Kier alpha value is -1.73. The molecule has 0 aromatic carbocycles. The van der Waals surface area contributed by atoms with Crippen LogP contribution in [0, 0.1) is 19.8 Å². The maximum Gasteiger partial charge on any atom is 0.262 e. The first-order chi connectivity index (χ1) is 10.6. The zero-order chi connectivity index (χ0) is 15.7. The quantitative estimate of drug-likeness (QED) is 0.854. The van der Waals surface area contributed by atoms with Crippen LogP contribution >= 0.6 is 11.3 Å². The Morgan fingerprint density at radius 2 is 2.27 bits per heavy atom. The fraction of sp³-hybridized carbons (Fsp3) is 0.533. The Kier molecular flexibility index (Phi) is 4.26. The summed E-state index contributed by atoms with van der Waals surface area (Å²) in [5.41, 5.74) is 0.941. The molecule has 1 saturated heterocycles. The third-order valence-corrected chi connectivity index (χ3v) is 5.30. The third kappa shape index (κ3) is 2.91. The van der Waals surface area contributed by atoms with Crippen LogP contribution in [-0.4, -0.2) is 35.1 Å². The zero-order valence-corrected chi connectivity index (χ0v) is 13.6. The lowest BCUT2D eigenvalue weighted by atomic mass is 10.0. The minimum atomic E-state index is -0.0529. The first-order valence-electron chi connectivity index (χ1n) is 7.49. The van der Waals surface area contributed by atoms with Crippen molar-refractivity contribution in [1.82, 2.24) is 20.2 Å². The monoisotopic (exact) mass is 320 g/mol. The minimum absolute atomic E-state index is 0.0166. The van der Waals surface area contributed by atoms with Gasteiger partial charge in [0.15, 0.2) is 0 Å². The van der Waals surface area contributed by atoms with Crippen molar-refractivity contribution >= 4 is 27.5 Å². The Morgan fingerprint density at radius 3 is 2.95 bits per heavy atom. The molecule has 1 amide bonds. The molecule has 2 aromatic rings. The van der Waals surface area contributed by atoms with Crippen molar-refractivity contribution in [3.63, 3.8) is 0 Å². The summed E-state index contributed by atoms with van der Waals surface area (Å²) >= 11 is 1.54. The number of aryl methyl sites for hydroxylation is 3. The molecule has 1 fully saturated rings. The molecule has 0 aliphatic carbocycles. The van der Waals surface area contributed by atoms with Crippen LogP contribution in [0.15, 0.2) is 11.1 Å². The van der Waals surface area contributed by atoms with E-state index < -0.39 is 0 Å². The predicted molar refractivity (Wildman–Crippen MR) is 87.3 cm³/mol. The lowest BCUT2D eigenvalue weighted by molar-refractivity contribution is -0.121. The Bertz CT molecular complexity index is 761. The molecule has 6 nitrogen and oxygen atoms in total. The number of nitrogens with one attached hydrogen (secondary N) is 2. The number of rotatable bonds is 5. The van der Waals surface area contributed by atoms with Crippen LogP contribution < -0.4 is 16.2 Å². The smallest absolute Gasteiger partial charge is 0.262 e. The van der Waals surface area contributed by atoms with Crippen molar-refractivity contribution in [1.29, 1.82) is 0 Å². The summed E-state index contributed by atoms with van der Waals surface area (Å²) in [5.74, 6) is 0.526. The van der Waals surface area contributed by atoms with E-state index in [0.29, 0.717) is 30.8 Å². The van der Waals surface area contributed by atoms with Crippen molar-refractivity contribution in [3.8, 4) is 0 Å². The van der Waals surface area contributed by atoms with Gasteiger partial charge in [-0.3, -0.25) is 14.2 Å².